The monoisotopic (exact) mass is 274 g/mol. The molecule has 0 aliphatic rings. The maximum atomic E-state index is 11.6. The van der Waals surface area contributed by atoms with Gasteiger partial charge in [-0.3, -0.25) is 0 Å². The molecule has 108 valence electrons. The van der Waals surface area contributed by atoms with Gasteiger partial charge in [-0.05, 0) is 45.4 Å². The van der Waals surface area contributed by atoms with Gasteiger partial charge in [-0.15, -0.1) is 0 Å². The van der Waals surface area contributed by atoms with E-state index >= 15 is 0 Å². The molecule has 1 heterocycles. The van der Waals surface area contributed by atoms with Crippen molar-refractivity contribution in [2.75, 3.05) is 11.9 Å². The van der Waals surface area contributed by atoms with Gasteiger partial charge in [-0.25, -0.2) is 9.78 Å². The van der Waals surface area contributed by atoms with Crippen LogP contribution in [0.1, 0.15) is 39.1 Å². The van der Waals surface area contributed by atoms with Crippen molar-refractivity contribution in [3.63, 3.8) is 0 Å². The summed E-state index contributed by atoms with van der Waals surface area (Å²) in [6.45, 7) is 8.97. The van der Waals surface area contributed by atoms with Crippen molar-refractivity contribution in [2.24, 2.45) is 0 Å². The number of anilines is 1. The van der Waals surface area contributed by atoms with Crippen molar-refractivity contribution in [1.82, 2.24) is 14.9 Å². The minimum absolute atomic E-state index is 0.175. The Morgan fingerprint density at radius 3 is 2.80 bits per heavy atom. The van der Waals surface area contributed by atoms with E-state index in [0.717, 1.165) is 29.0 Å². The van der Waals surface area contributed by atoms with Crippen molar-refractivity contribution >= 4 is 22.8 Å². The number of rotatable bonds is 4. The fourth-order valence-corrected chi connectivity index (χ4v) is 2.36. The van der Waals surface area contributed by atoms with E-state index < -0.39 is 0 Å². The molecule has 2 aromatic rings. The van der Waals surface area contributed by atoms with E-state index in [0.29, 0.717) is 12.6 Å². The minimum atomic E-state index is -0.175. The van der Waals surface area contributed by atoms with Crippen LogP contribution in [-0.2, 0) is 0 Å². The van der Waals surface area contributed by atoms with E-state index in [9.17, 15) is 4.79 Å². The van der Waals surface area contributed by atoms with E-state index in [2.05, 4.69) is 34.0 Å². The Morgan fingerprint density at radius 1 is 1.40 bits per heavy atom. The summed E-state index contributed by atoms with van der Waals surface area (Å²) in [4.78, 5) is 16.2. The van der Waals surface area contributed by atoms with Gasteiger partial charge < -0.3 is 15.2 Å². The Kier molecular flexibility index (Phi) is 4.27. The summed E-state index contributed by atoms with van der Waals surface area (Å²) >= 11 is 0. The lowest BCUT2D eigenvalue weighted by molar-refractivity contribution is 0.252. The molecule has 0 aliphatic heterocycles. The van der Waals surface area contributed by atoms with Gasteiger partial charge in [-0.2, -0.15) is 0 Å². The molecule has 2 N–H and O–H groups in total. The molecule has 0 fully saturated rings. The van der Waals surface area contributed by atoms with Crippen molar-refractivity contribution in [3.05, 3.63) is 24.0 Å². The van der Waals surface area contributed by atoms with Gasteiger partial charge >= 0.3 is 6.03 Å². The summed E-state index contributed by atoms with van der Waals surface area (Å²) in [5.41, 5.74) is 2.76. The highest BCUT2D eigenvalue weighted by atomic mass is 16.2. The van der Waals surface area contributed by atoms with Crippen LogP contribution < -0.4 is 10.6 Å². The van der Waals surface area contributed by atoms with Crippen LogP contribution in [0.25, 0.3) is 11.0 Å². The van der Waals surface area contributed by atoms with Crippen LogP contribution >= 0.6 is 0 Å². The minimum Gasteiger partial charge on any atom is -0.338 e. The standard InChI is InChI=1S/C15H22N4O/c1-5-8-16-15(20)18-12-6-7-14-13(9-12)17-11(4)19(14)10(2)3/h6-7,9-10H,5,8H2,1-4H3,(H2,16,18,20). The molecule has 5 nitrogen and oxygen atoms in total. The molecule has 1 aromatic carbocycles. The predicted octanol–water partition coefficient (Wildman–Crippen LogP) is 3.46. The number of benzene rings is 1. The Bertz CT molecular complexity index is 616. The molecule has 0 atom stereocenters. The Labute approximate surface area is 119 Å². The second-order valence-electron chi connectivity index (χ2n) is 5.21. The van der Waals surface area contributed by atoms with Crippen LogP contribution in [0.2, 0.25) is 0 Å². The highest BCUT2D eigenvalue weighted by Crippen LogP contribution is 2.23. The maximum Gasteiger partial charge on any atom is 0.319 e. The zero-order valence-electron chi connectivity index (χ0n) is 12.5. The largest absolute Gasteiger partial charge is 0.338 e. The Balaban J connectivity index is 2.24. The van der Waals surface area contributed by atoms with Gasteiger partial charge in [0.2, 0.25) is 0 Å². The molecule has 0 saturated carbocycles. The zero-order valence-corrected chi connectivity index (χ0v) is 12.5. The first-order valence-electron chi connectivity index (χ1n) is 7.06. The van der Waals surface area contributed by atoms with Crippen LogP contribution in [0.3, 0.4) is 0 Å². The van der Waals surface area contributed by atoms with Gasteiger partial charge in [0.1, 0.15) is 5.82 Å². The first kappa shape index (κ1) is 14.4. The second kappa shape index (κ2) is 5.94. The maximum absolute atomic E-state index is 11.6. The number of imidazole rings is 1. The first-order valence-corrected chi connectivity index (χ1v) is 7.06. The first-order chi connectivity index (χ1) is 9.52. The summed E-state index contributed by atoms with van der Waals surface area (Å²) in [5, 5.41) is 5.62. The van der Waals surface area contributed by atoms with Crippen molar-refractivity contribution in [2.45, 2.75) is 40.2 Å². The lowest BCUT2D eigenvalue weighted by Gasteiger charge is -2.11. The highest BCUT2D eigenvalue weighted by Gasteiger charge is 2.11. The molecular weight excluding hydrogens is 252 g/mol. The van der Waals surface area contributed by atoms with Crippen LogP contribution in [0.15, 0.2) is 18.2 Å². The number of amides is 2. The second-order valence-corrected chi connectivity index (χ2v) is 5.21. The van der Waals surface area contributed by atoms with E-state index in [1.54, 1.807) is 0 Å². The average Bonchev–Trinajstić information content (AvgIpc) is 2.71. The molecule has 5 heteroatoms. The molecule has 2 amide bonds. The third-order valence-electron chi connectivity index (χ3n) is 3.18. The molecule has 0 aliphatic carbocycles. The number of urea groups is 1. The molecule has 0 saturated heterocycles. The molecule has 20 heavy (non-hydrogen) atoms. The quantitative estimate of drug-likeness (QED) is 0.897. The van der Waals surface area contributed by atoms with Gasteiger partial charge in [-0.1, -0.05) is 6.92 Å². The van der Waals surface area contributed by atoms with Crippen LogP contribution in [-0.4, -0.2) is 22.1 Å². The molecule has 0 unspecified atom stereocenters. The number of hydrogen-bond acceptors (Lipinski definition) is 2. The molecule has 0 radical (unpaired) electrons. The Morgan fingerprint density at radius 2 is 2.15 bits per heavy atom. The van der Waals surface area contributed by atoms with E-state index in [-0.39, 0.29) is 6.03 Å². The average molecular weight is 274 g/mol. The summed E-state index contributed by atoms with van der Waals surface area (Å²) in [6, 6.07) is 6.02. The lowest BCUT2D eigenvalue weighted by atomic mass is 10.2. The number of aromatic nitrogens is 2. The number of nitrogens with zero attached hydrogens (tertiary/aromatic N) is 2. The topological polar surface area (TPSA) is 59.0 Å². The fourth-order valence-electron chi connectivity index (χ4n) is 2.36. The summed E-state index contributed by atoms with van der Waals surface area (Å²) in [5.74, 6) is 0.989. The van der Waals surface area contributed by atoms with Crippen molar-refractivity contribution in [1.29, 1.82) is 0 Å². The molecule has 0 bridgehead atoms. The Hall–Kier alpha value is -2.04. The van der Waals surface area contributed by atoms with Gasteiger partial charge in [0.05, 0.1) is 11.0 Å². The number of hydrogen-bond donors (Lipinski definition) is 2. The fraction of sp³-hybridized carbons (Fsp3) is 0.467. The summed E-state index contributed by atoms with van der Waals surface area (Å²) < 4.78 is 2.19. The molecule has 2 rings (SSSR count). The van der Waals surface area contributed by atoms with Crippen molar-refractivity contribution < 1.29 is 4.79 Å². The SMILES string of the molecule is CCCNC(=O)Nc1ccc2c(c1)nc(C)n2C(C)C. The number of carbonyl (C=O) groups is 1. The number of carbonyl (C=O) groups excluding carboxylic acids is 1. The van der Waals surface area contributed by atoms with Gasteiger partial charge in [0.15, 0.2) is 0 Å². The summed E-state index contributed by atoms with van der Waals surface area (Å²) in [6.07, 6.45) is 0.921. The van der Waals surface area contributed by atoms with E-state index in [1.165, 1.54) is 0 Å². The van der Waals surface area contributed by atoms with E-state index in [1.807, 2.05) is 32.0 Å². The summed E-state index contributed by atoms with van der Waals surface area (Å²) in [7, 11) is 0. The van der Waals surface area contributed by atoms with Gasteiger partial charge in [0, 0.05) is 18.3 Å². The molecular formula is C15H22N4O. The number of nitrogens with one attached hydrogen (secondary N) is 2. The predicted molar refractivity (Wildman–Crippen MR) is 82.2 cm³/mol. The van der Waals surface area contributed by atoms with Crippen LogP contribution in [0, 0.1) is 6.92 Å². The molecule has 1 aromatic heterocycles. The number of fused-ring (bicyclic) bond motifs is 1. The van der Waals surface area contributed by atoms with Crippen molar-refractivity contribution in [3.8, 4) is 0 Å². The normalized spacial score (nSPS) is 11.1. The third-order valence-corrected chi connectivity index (χ3v) is 3.18. The highest BCUT2D eigenvalue weighted by molar-refractivity contribution is 5.92. The third kappa shape index (κ3) is 2.92. The zero-order chi connectivity index (χ0) is 14.7. The van der Waals surface area contributed by atoms with Crippen LogP contribution in [0.4, 0.5) is 10.5 Å². The smallest absolute Gasteiger partial charge is 0.319 e. The lowest BCUT2D eigenvalue weighted by Crippen LogP contribution is -2.29. The van der Waals surface area contributed by atoms with E-state index in [4.69, 9.17) is 0 Å². The number of aryl methyl sites for hydroxylation is 1. The van der Waals surface area contributed by atoms with Gasteiger partial charge in [0.25, 0.3) is 0 Å². The van der Waals surface area contributed by atoms with Crippen LogP contribution in [0.5, 0.6) is 0 Å². The molecule has 0 spiro atoms.